The number of nitrogens with two attached hydrogens (primary N) is 1. The molecule has 1 aliphatic rings. The van der Waals surface area contributed by atoms with E-state index in [0.717, 1.165) is 25.7 Å². The largest absolute Gasteiger partial charge is 1.00 e. The Labute approximate surface area is 157 Å². The molecule has 0 radical (unpaired) electrons. The maximum Gasteiger partial charge on any atom is 1.00 e. The smallest absolute Gasteiger partial charge is 0.545 e. The van der Waals surface area contributed by atoms with Gasteiger partial charge in [0.15, 0.2) is 0 Å². The van der Waals surface area contributed by atoms with E-state index < -0.39 is 5.97 Å². The van der Waals surface area contributed by atoms with E-state index in [9.17, 15) is 9.90 Å². The van der Waals surface area contributed by atoms with Crippen LogP contribution < -0.4 is 29.7 Å². The second kappa shape index (κ2) is 8.15. The number of carbonyl (C=O) groups is 1. The van der Waals surface area contributed by atoms with Gasteiger partial charge >= 0.3 is 18.9 Å². The number of carbonyl (C=O) groups excluding carboxylic acids is 1. The zero-order valence-electron chi connectivity index (χ0n) is 14.1. The second-order valence-electron chi connectivity index (χ2n) is 5.95. The van der Waals surface area contributed by atoms with Crippen LogP contribution >= 0.6 is 0 Å². The van der Waals surface area contributed by atoms with Crippen LogP contribution in [0.2, 0.25) is 0 Å². The number of hydrogen-bond acceptors (Lipinski definition) is 7. The summed E-state index contributed by atoms with van der Waals surface area (Å²) in [5, 5.41) is 24.8. The Bertz CT molecular complexity index is 794. The molecule has 0 amide bonds. The summed E-state index contributed by atoms with van der Waals surface area (Å²) in [6.45, 7) is 0. The van der Waals surface area contributed by atoms with Gasteiger partial charge in [0.25, 0.3) is 0 Å². The Balaban J connectivity index is 0.00000225. The maximum atomic E-state index is 11.3. The third kappa shape index (κ3) is 3.84. The second-order valence-corrected chi connectivity index (χ2v) is 5.95. The number of carboxylic acid groups (broad SMARTS) is 1. The summed E-state index contributed by atoms with van der Waals surface area (Å²) in [6.07, 6.45) is 9.31. The minimum atomic E-state index is -1.43. The molecule has 2 aromatic rings. The van der Waals surface area contributed by atoms with Crippen LogP contribution in [-0.2, 0) is 0 Å². The van der Waals surface area contributed by atoms with E-state index in [1.807, 2.05) is 0 Å². The average Bonchev–Trinajstić information content (AvgIpc) is 3.24. The predicted molar refractivity (Wildman–Crippen MR) is 83.2 cm³/mol. The Morgan fingerprint density at radius 3 is 2.80 bits per heavy atom. The molecule has 0 saturated heterocycles. The van der Waals surface area contributed by atoms with Crippen molar-refractivity contribution in [3.63, 3.8) is 0 Å². The molecule has 0 spiro atoms. The molecule has 2 aromatic heterocycles. The van der Waals surface area contributed by atoms with Gasteiger partial charge < -0.3 is 15.6 Å². The van der Waals surface area contributed by atoms with Crippen molar-refractivity contribution in [2.75, 3.05) is 5.73 Å². The van der Waals surface area contributed by atoms with Gasteiger partial charge in [-0.25, -0.2) is 9.97 Å². The summed E-state index contributed by atoms with van der Waals surface area (Å²) in [6, 6.07) is 2.20. The zero-order chi connectivity index (χ0) is 17.1. The first kappa shape index (κ1) is 19.0. The fourth-order valence-corrected chi connectivity index (χ4v) is 3.37. The van der Waals surface area contributed by atoms with Crippen LogP contribution in [0.15, 0.2) is 18.7 Å². The molecule has 0 bridgehead atoms. The van der Waals surface area contributed by atoms with Crippen molar-refractivity contribution >= 4 is 11.8 Å². The summed E-state index contributed by atoms with van der Waals surface area (Å²) in [4.78, 5) is 19.0. The van der Waals surface area contributed by atoms with E-state index in [-0.39, 0.29) is 42.0 Å². The average molecular weight is 332 g/mol. The van der Waals surface area contributed by atoms with Crippen LogP contribution in [-0.4, -0.2) is 25.7 Å². The molecule has 1 atom stereocenters. The molecule has 1 aliphatic carbocycles. The SMILES string of the molecule is N#CC[C@H](C1CCCC1)n1cc(-c2ncnc(N)c2C(=O)[O-])cn1.[Li+]. The molecule has 2 N–H and O–H groups in total. The molecule has 9 heteroatoms. The van der Waals surface area contributed by atoms with Crippen LogP contribution in [0, 0.1) is 17.2 Å². The van der Waals surface area contributed by atoms with Gasteiger partial charge in [-0.3, -0.25) is 4.68 Å². The number of hydrogen-bond donors (Lipinski definition) is 1. The van der Waals surface area contributed by atoms with Crippen molar-refractivity contribution < 1.29 is 28.8 Å². The van der Waals surface area contributed by atoms with Crippen molar-refractivity contribution in [3.8, 4) is 17.3 Å². The molecule has 124 valence electrons. The van der Waals surface area contributed by atoms with Gasteiger partial charge in [0.2, 0.25) is 0 Å². The Morgan fingerprint density at radius 2 is 2.16 bits per heavy atom. The van der Waals surface area contributed by atoms with Gasteiger partial charge in [-0.2, -0.15) is 10.4 Å². The number of nitrogen functional groups attached to an aromatic ring is 1. The number of aromatic carboxylic acids is 1. The van der Waals surface area contributed by atoms with Crippen LogP contribution in [0.25, 0.3) is 11.3 Å². The quantitative estimate of drug-likeness (QED) is 0.622. The number of aromatic nitrogens is 4. The van der Waals surface area contributed by atoms with Gasteiger partial charge in [-0.1, -0.05) is 12.8 Å². The molecule has 25 heavy (non-hydrogen) atoms. The summed E-state index contributed by atoms with van der Waals surface area (Å²) < 4.78 is 1.74. The molecule has 3 rings (SSSR count). The van der Waals surface area contributed by atoms with Crippen molar-refractivity contribution in [2.45, 2.75) is 38.1 Å². The van der Waals surface area contributed by atoms with E-state index in [0.29, 0.717) is 17.9 Å². The van der Waals surface area contributed by atoms with E-state index in [1.54, 1.807) is 10.9 Å². The number of nitriles is 1. The summed E-state index contributed by atoms with van der Waals surface area (Å²) >= 11 is 0. The van der Waals surface area contributed by atoms with Crippen LogP contribution in [0.3, 0.4) is 0 Å². The normalized spacial score (nSPS) is 15.3. The van der Waals surface area contributed by atoms with E-state index >= 15 is 0 Å². The Kier molecular flexibility index (Phi) is 6.19. The topological polar surface area (TPSA) is 134 Å². The molecule has 1 saturated carbocycles. The number of nitrogens with zero attached hydrogens (tertiary/aromatic N) is 5. The Morgan fingerprint density at radius 1 is 1.44 bits per heavy atom. The molecule has 0 aliphatic heterocycles. The number of anilines is 1. The van der Waals surface area contributed by atoms with E-state index in [1.165, 1.54) is 12.5 Å². The maximum absolute atomic E-state index is 11.3. The summed E-state index contributed by atoms with van der Waals surface area (Å²) in [7, 11) is 0. The third-order valence-corrected chi connectivity index (χ3v) is 4.54. The summed E-state index contributed by atoms with van der Waals surface area (Å²) in [5.41, 5.74) is 6.08. The van der Waals surface area contributed by atoms with Gasteiger partial charge in [0, 0.05) is 11.8 Å². The van der Waals surface area contributed by atoms with Crippen LogP contribution in [0.1, 0.15) is 48.5 Å². The monoisotopic (exact) mass is 332 g/mol. The molecular weight excluding hydrogens is 315 g/mol. The standard InChI is InChI=1S/C16H18N6O2.Li/c17-6-5-12(10-3-1-2-4-10)22-8-11(7-21-22)14-13(16(23)24)15(18)20-9-19-14;/h7-10,12H,1-5H2,(H,23,24)(H2,18,19,20);/q;+1/p-1/t12-;/m1./s1. The first-order chi connectivity index (χ1) is 11.6. The zero-order valence-corrected chi connectivity index (χ0v) is 14.1. The number of rotatable bonds is 5. The molecule has 0 unspecified atom stereocenters. The minimum absolute atomic E-state index is 0. The minimum Gasteiger partial charge on any atom is -0.545 e. The molecule has 8 nitrogen and oxygen atoms in total. The van der Waals surface area contributed by atoms with Gasteiger partial charge in [-0.15, -0.1) is 0 Å². The van der Waals surface area contributed by atoms with Crippen LogP contribution in [0.5, 0.6) is 0 Å². The van der Waals surface area contributed by atoms with Crippen molar-refractivity contribution in [1.82, 2.24) is 19.7 Å². The first-order valence-electron chi connectivity index (χ1n) is 7.85. The fraction of sp³-hybridized carbons (Fsp3) is 0.438. The molecular formula is C16H17LiN6O2. The fourth-order valence-electron chi connectivity index (χ4n) is 3.37. The predicted octanol–water partition coefficient (Wildman–Crippen LogP) is -2.07. The van der Waals surface area contributed by atoms with Gasteiger partial charge in [0.1, 0.15) is 12.1 Å². The van der Waals surface area contributed by atoms with Gasteiger partial charge in [-0.05, 0) is 18.8 Å². The first-order valence-corrected chi connectivity index (χ1v) is 7.85. The van der Waals surface area contributed by atoms with E-state index in [2.05, 4.69) is 21.1 Å². The van der Waals surface area contributed by atoms with Crippen molar-refractivity contribution in [1.29, 1.82) is 5.26 Å². The van der Waals surface area contributed by atoms with Crippen molar-refractivity contribution in [3.05, 3.63) is 24.3 Å². The Hall–Kier alpha value is -2.35. The van der Waals surface area contributed by atoms with E-state index in [4.69, 9.17) is 11.0 Å². The third-order valence-electron chi connectivity index (χ3n) is 4.54. The van der Waals surface area contributed by atoms with Crippen LogP contribution in [0.4, 0.5) is 5.82 Å². The van der Waals surface area contributed by atoms with Crippen molar-refractivity contribution in [2.24, 2.45) is 5.92 Å². The number of carboxylic acids is 1. The summed E-state index contributed by atoms with van der Waals surface area (Å²) in [5.74, 6) is -1.16. The molecule has 2 heterocycles. The molecule has 1 fully saturated rings. The molecule has 0 aromatic carbocycles. The van der Waals surface area contributed by atoms with Gasteiger partial charge in [0.05, 0.1) is 42.0 Å².